The van der Waals surface area contributed by atoms with Crippen LogP contribution in [0.1, 0.15) is 47.8 Å². The van der Waals surface area contributed by atoms with E-state index in [0.717, 1.165) is 50.9 Å². The van der Waals surface area contributed by atoms with Crippen molar-refractivity contribution in [2.24, 2.45) is 5.92 Å². The molecule has 0 radical (unpaired) electrons. The highest BCUT2D eigenvalue weighted by atomic mass is 16.5. The summed E-state index contributed by atoms with van der Waals surface area (Å²) in [7, 11) is 1.73. The second kappa shape index (κ2) is 6.96. The fourth-order valence-electron chi connectivity index (χ4n) is 3.36. The van der Waals surface area contributed by atoms with Crippen molar-refractivity contribution < 1.29 is 14.1 Å². The molecule has 0 atom stereocenters. The second-order valence-corrected chi connectivity index (χ2v) is 7.00. The van der Waals surface area contributed by atoms with E-state index in [4.69, 9.17) is 9.26 Å². The van der Waals surface area contributed by atoms with Crippen LogP contribution in [0.15, 0.2) is 28.8 Å². The van der Waals surface area contributed by atoms with Gasteiger partial charge in [0.05, 0.1) is 0 Å². The molecular weight excluding hydrogens is 318 g/mol. The van der Waals surface area contributed by atoms with Crippen molar-refractivity contribution in [3.05, 3.63) is 35.7 Å². The topological polar surface area (TPSA) is 68.5 Å². The summed E-state index contributed by atoms with van der Waals surface area (Å²) in [5, 5.41) is 4.07. The third-order valence-electron chi connectivity index (χ3n) is 5.04. The number of rotatable bonds is 5. The lowest BCUT2D eigenvalue weighted by Crippen LogP contribution is -2.39. The number of piperidine rings is 1. The number of methoxy groups -OCH3 is 1. The summed E-state index contributed by atoms with van der Waals surface area (Å²) < 4.78 is 10.5. The van der Waals surface area contributed by atoms with E-state index < -0.39 is 0 Å². The average Bonchev–Trinajstić information content (AvgIpc) is 3.39. The Labute approximate surface area is 147 Å². The van der Waals surface area contributed by atoms with Crippen LogP contribution in [0, 0.1) is 5.92 Å². The molecule has 2 aromatic rings. The summed E-state index contributed by atoms with van der Waals surface area (Å²) in [6, 6.07) is 7.52. The summed E-state index contributed by atoms with van der Waals surface area (Å²) in [6.45, 7) is 2.34. The number of carbonyl (C=O) groups is 1. The largest absolute Gasteiger partial charge is 0.384 e. The fraction of sp³-hybridized carbons (Fsp3) is 0.526. The number of ether oxygens (including phenoxy) is 1. The first-order valence-electron chi connectivity index (χ1n) is 8.97. The molecule has 6 heteroatoms. The van der Waals surface area contributed by atoms with Crippen LogP contribution in [0.4, 0.5) is 0 Å². The SMILES string of the molecule is COCC1CCN(C(=O)c2cccc(-c3noc(C4CC4)n3)c2)CC1. The zero-order valence-electron chi connectivity index (χ0n) is 14.5. The maximum absolute atomic E-state index is 12.8. The van der Waals surface area contributed by atoms with Gasteiger partial charge < -0.3 is 14.2 Å². The fourth-order valence-corrected chi connectivity index (χ4v) is 3.36. The number of nitrogens with zero attached hydrogens (tertiary/aromatic N) is 3. The number of hydrogen-bond acceptors (Lipinski definition) is 5. The Kier molecular flexibility index (Phi) is 4.53. The molecule has 6 nitrogen and oxygen atoms in total. The molecular formula is C19H23N3O3. The van der Waals surface area contributed by atoms with Crippen molar-refractivity contribution in [1.82, 2.24) is 15.0 Å². The van der Waals surface area contributed by atoms with Gasteiger partial charge in [0, 0.05) is 43.9 Å². The molecule has 1 amide bonds. The Balaban J connectivity index is 1.46. The molecule has 1 aliphatic carbocycles. The van der Waals surface area contributed by atoms with Crippen LogP contribution in [-0.2, 0) is 4.74 Å². The van der Waals surface area contributed by atoms with Crippen LogP contribution in [0.2, 0.25) is 0 Å². The molecule has 25 heavy (non-hydrogen) atoms. The Bertz CT molecular complexity index is 746. The summed E-state index contributed by atoms with van der Waals surface area (Å²) in [4.78, 5) is 19.2. The van der Waals surface area contributed by atoms with Gasteiger partial charge in [-0.25, -0.2) is 0 Å². The highest BCUT2D eigenvalue weighted by Crippen LogP contribution is 2.39. The minimum Gasteiger partial charge on any atom is -0.384 e. The predicted molar refractivity (Wildman–Crippen MR) is 92.2 cm³/mol. The van der Waals surface area contributed by atoms with Gasteiger partial charge in [0.25, 0.3) is 5.91 Å². The van der Waals surface area contributed by atoms with Crippen molar-refractivity contribution in [3.8, 4) is 11.4 Å². The van der Waals surface area contributed by atoms with Crippen LogP contribution in [0.25, 0.3) is 11.4 Å². The van der Waals surface area contributed by atoms with E-state index in [1.807, 2.05) is 29.2 Å². The molecule has 1 aliphatic heterocycles. The van der Waals surface area contributed by atoms with E-state index in [-0.39, 0.29) is 5.91 Å². The van der Waals surface area contributed by atoms with Crippen molar-refractivity contribution in [3.63, 3.8) is 0 Å². The predicted octanol–water partition coefficient (Wildman–Crippen LogP) is 3.11. The van der Waals surface area contributed by atoms with Crippen LogP contribution in [0.3, 0.4) is 0 Å². The zero-order valence-corrected chi connectivity index (χ0v) is 14.5. The average molecular weight is 341 g/mol. The lowest BCUT2D eigenvalue weighted by atomic mass is 9.97. The van der Waals surface area contributed by atoms with Crippen molar-refractivity contribution in [2.75, 3.05) is 26.8 Å². The molecule has 0 spiro atoms. The number of likely N-dealkylation sites (tertiary alicyclic amines) is 1. The summed E-state index contributed by atoms with van der Waals surface area (Å²) in [5.41, 5.74) is 1.51. The number of benzene rings is 1. The Morgan fingerprint density at radius 1 is 1.28 bits per heavy atom. The number of hydrogen-bond donors (Lipinski definition) is 0. The minimum atomic E-state index is 0.0728. The number of aromatic nitrogens is 2. The van der Waals surface area contributed by atoms with E-state index >= 15 is 0 Å². The Hall–Kier alpha value is -2.21. The van der Waals surface area contributed by atoms with Crippen molar-refractivity contribution in [2.45, 2.75) is 31.6 Å². The molecule has 4 rings (SSSR count). The van der Waals surface area contributed by atoms with Crippen LogP contribution < -0.4 is 0 Å². The van der Waals surface area contributed by atoms with E-state index in [0.29, 0.717) is 29.1 Å². The smallest absolute Gasteiger partial charge is 0.253 e. The van der Waals surface area contributed by atoms with Crippen LogP contribution in [-0.4, -0.2) is 47.8 Å². The minimum absolute atomic E-state index is 0.0728. The van der Waals surface area contributed by atoms with E-state index in [1.165, 1.54) is 0 Å². The molecule has 0 unspecified atom stereocenters. The van der Waals surface area contributed by atoms with E-state index in [9.17, 15) is 4.79 Å². The van der Waals surface area contributed by atoms with Gasteiger partial charge in [-0.1, -0.05) is 17.3 Å². The molecule has 2 aliphatic rings. The van der Waals surface area contributed by atoms with Crippen LogP contribution >= 0.6 is 0 Å². The van der Waals surface area contributed by atoms with Gasteiger partial charge in [0.15, 0.2) is 0 Å². The van der Waals surface area contributed by atoms with Crippen molar-refractivity contribution in [1.29, 1.82) is 0 Å². The quantitative estimate of drug-likeness (QED) is 0.836. The highest BCUT2D eigenvalue weighted by molar-refractivity contribution is 5.95. The van der Waals surface area contributed by atoms with Gasteiger partial charge >= 0.3 is 0 Å². The lowest BCUT2D eigenvalue weighted by Gasteiger charge is -2.31. The molecule has 0 bridgehead atoms. The van der Waals surface area contributed by atoms with Crippen LogP contribution in [0.5, 0.6) is 0 Å². The maximum Gasteiger partial charge on any atom is 0.253 e. The van der Waals surface area contributed by atoms with Gasteiger partial charge in [-0.3, -0.25) is 4.79 Å². The zero-order chi connectivity index (χ0) is 17.2. The van der Waals surface area contributed by atoms with Gasteiger partial charge in [-0.2, -0.15) is 4.98 Å². The summed E-state index contributed by atoms with van der Waals surface area (Å²) in [6.07, 6.45) is 4.24. The number of carbonyl (C=O) groups excluding carboxylic acids is 1. The molecule has 132 valence electrons. The first kappa shape index (κ1) is 16.3. The maximum atomic E-state index is 12.8. The first-order chi connectivity index (χ1) is 12.2. The molecule has 1 saturated heterocycles. The normalized spacial score (nSPS) is 18.5. The summed E-state index contributed by atoms with van der Waals surface area (Å²) in [5.74, 6) is 2.34. The van der Waals surface area contributed by atoms with Gasteiger partial charge in [-0.05, 0) is 43.7 Å². The second-order valence-electron chi connectivity index (χ2n) is 7.00. The molecule has 1 aromatic carbocycles. The Morgan fingerprint density at radius 2 is 2.08 bits per heavy atom. The summed E-state index contributed by atoms with van der Waals surface area (Å²) >= 11 is 0. The molecule has 0 N–H and O–H groups in total. The van der Waals surface area contributed by atoms with Crippen molar-refractivity contribution >= 4 is 5.91 Å². The standard InChI is InChI=1S/C19H23N3O3/c1-24-12-13-7-9-22(10-8-13)19(23)16-4-2-3-15(11-16)17-20-18(25-21-17)14-5-6-14/h2-4,11,13-14H,5-10,12H2,1H3. The molecule has 1 saturated carbocycles. The third kappa shape index (κ3) is 3.58. The molecule has 2 fully saturated rings. The molecule has 1 aromatic heterocycles. The van der Waals surface area contributed by atoms with Gasteiger partial charge in [-0.15, -0.1) is 0 Å². The third-order valence-corrected chi connectivity index (χ3v) is 5.04. The van der Waals surface area contributed by atoms with Gasteiger partial charge in [0.1, 0.15) is 0 Å². The molecule has 2 heterocycles. The number of amides is 1. The van der Waals surface area contributed by atoms with E-state index in [2.05, 4.69) is 10.1 Å². The first-order valence-corrected chi connectivity index (χ1v) is 8.97. The van der Waals surface area contributed by atoms with Gasteiger partial charge in [0.2, 0.25) is 11.7 Å². The highest BCUT2D eigenvalue weighted by Gasteiger charge is 2.30. The van der Waals surface area contributed by atoms with E-state index in [1.54, 1.807) is 7.11 Å². The lowest BCUT2D eigenvalue weighted by molar-refractivity contribution is 0.0613. The Morgan fingerprint density at radius 3 is 2.80 bits per heavy atom. The monoisotopic (exact) mass is 341 g/mol.